The van der Waals surface area contributed by atoms with Crippen LogP contribution in [-0.4, -0.2) is 54.5 Å². The predicted octanol–water partition coefficient (Wildman–Crippen LogP) is 3.47. The standard InChI is InChI=1S/C24H31N3O5S/c1-5-27(6-2)33(29,30)20-10-11-22-21(17-20)25-23(26(22)4)12-13-24(28)32-15-14-31-19-9-7-8-18(3)16-19/h7-11,16-17H,5-6,12-15H2,1-4H3. The van der Waals surface area contributed by atoms with Crippen LogP contribution >= 0.6 is 0 Å². The summed E-state index contributed by atoms with van der Waals surface area (Å²) in [6.45, 7) is 6.87. The Bertz CT molecular complexity index is 1220. The topological polar surface area (TPSA) is 90.7 Å². The molecule has 2 aromatic carbocycles. The number of rotatable bonds is 11. The van der Waals surface area contributed by atoms with Gasteiger partial charge in [0.15, 0.2) is 0 Å². The van der Waals surface area contributed by atoms with Gasteiger partial charge in [0.05, 0.1) is 22.3 Å². The number of hydrogen-bond donors (Lipinski definition) is 0. The number of aryl methyl sites for hydroxylation is 3. The lowest BCUT2D eigenvalue weighted by atomic mass is 10.2. The first-order valence-electron chi connectivity index (χ1n) is 11.1. The van der Waals surface area contributed by atoms with Crippen LogP contribution in [0.15, 0.2) is 47.4 Å². The third-order valence-corrected chi connectivity index (χ3v) is 7.49. The lowest BCUT2D eigenvalue weighted by Gasteiger charge is -2.18. The Morgan fingerprint density at radius 1 is 1.09 bits per heavy atom. The number of carbonyl (C=O) groups is 1. The van der Waals surface area contributed by atoms with Gasteiger partial charge < -0.3 is 14.0 Å². The van der Waals surface area contributed by atoms with Gasteiger partial charge in [-0.2, -0.15) is 4.31 Å². The number of imidazole rings is 1. The molecule has 1 heterocycles. The Morgan fingerprint density at radius 3 is 2.55 bits per heavy atom. The molecule has 0 aliphatic rings. The monoisotopic (exact) mass is 473 g/mol. The summed E-state index contributed by atoms with van der Waals surface area (Å²) in [4.78, 5) is 16.9. The first kappa shape index (κ1) is 24.7. The number of ether oxygens (including phenoxy) is 2. The zero-order chi connectivity index (χ0) is 24.0. The van der Waals surface area contributed by atoms with Gasteiger partial charge >= 0.3 is 5.97 Å². The fourth-order valence-electron chi connectivity index (χ4n) is 3.63. The van der Waals surface area contributed by atoms with Gasteiger partial charge in [-0.25, -0.2) is 13.4 Å². The number of sulfonamides is 1. The molecule has 0 fully saturated rings. The van der Waals surface area contributed by atoms with Crippen LogP contribution in [0.5, 0.6) is 5.75 Å². The predicted molar refractivity (Wildman–Crippen MR) is 127 cm³/mol. The molecule has 0 amide bonds. The normalized spacial score (nSPS) is 11.8. The number of hydrogen-bond acceptors (Lipinski definition) is 6. The van der Waals surface area contributed by atoms with E-state index >= 15 is 0 Å². The van der Waals surface area contributed by atoms with Gasteiger partial charge in [-0.3, -0.25) is 4.79 Å². The van der Waals surface area contributed by atoms with E-state index in [0.29, 0.717) is 30.9 Å². The molecule has 1 aromatic heterocycles. The van der Waals surface area contributed by atoms with E-state index in [4.69, 9.17) is 9.47 Å². The smallest absolute Gasteiger partial charge is 0.306 e. The van der Waals surface area contributed by atoms with Crippen LogP contribution in [0.3, 0.4) is 0 Å². The van der Waals surface area contributed by atoms with Crippen molar-refractivity contribution in [2.24, 2.45) is 7.05 Å². The van der Waals surface area contributed by atoms with Crippen molar-refractivity contribution in [3.8, 4) is 5.75 Å². The van der Waals surface area contributed by atoms with Crippen LogP contribution in [0.4, 0.5) is 0 Å². The maximum Gasteiger partial charge on any atom is 0.306 e. The summed E-state index contributed by atoms with van der Waals surface area (Å²) < 4.78 is 39.7. The fraction of sp³-hybridized carbons (Fsp3) is 0.417. The second-order valence-electron chi connectivity index (χ2n) is 7.71. The Labute approximate surface area is 195 Å². The highest BCUT2D eigenvalue weighted by Crippen LogP contribution is 2.23. The highest BCUT2D eigenvalue weighted by atomic mass is 32.2. The zero-order valence-corrected chi connectivity index (χ0v) is 20.4. The average Bonchev–Trinajstić information content (AvgIpc) is 3.11. The van der Waals surface area contributed by atoms with E-state index in [1.54, 1.807) is 18.2 Å². The van der Waals surface area contributed by atoms with E-state index in [1.807, 2.05) is 56.7 Å². The summed E-state index contributed by atoms with van der Waals surface area (Å²) in [5.41, 5.74) is 2.49. The summed E-state index contributed by atoms with van der Waals surface area (Å²) in [7, 11) is -1.71. The van der Waals surface area contributed by atoms with Crippen molar-refractivity contribution in [3.05, 3.63) is 53.9 Å². The molecular weight excluding hydrogens is 442 g/mol. The largest absolute Gasteiger partial charge is 0.490 e. The van der Waals surface area contributed by atoms with Crippen LogP contribution in [0, 0.1) is 6.92 Å². The van der Waals surface area contributed by atoms with E-state index in [-0.39, 0.29) is 30.5 Å². The highest BCUT2D eigenvalue weighted by Gasteiger charge is 2.22. The molecule has 0 radical (unpaired) electrons. The minimum absolute atomic E-state index is 0.169. The minimum Gasteiger partial charge on any atom is -0.490 e. The van der Waals surface area contributed by atoms with Crippen molar-refractivity contribution >= 4 is 27.0 Å². The number of benzene rings is 2. The Balaban J connectivity index is 1.57. The van der Waals surface area contributed by atoms with E-state index in [9.17, 15) is 13.2 Å². The molecule has 178 valence electrons. The summed E-state index contributed by atoms with van der Waals surface area (Å²) in [6, 6.07) is 12.6. The lowest BCUT2D eigenvalue weighted by Crippen LogP contribution is -2.30. The molecule has 0 bridgehead atoms. The van der Waals surface area contributed by atoms with Crippen LogP contribution in [0.1, 0.15) is 31.7 Å². The first-order valence-corrected chi connectivity index (χ1v) is 12.5. The minimum atomic E-state index is -3.56. The molecule has 9 heteroatoms. The fourth-order valence-corrected chi connectivity index (χ4v) is 5.11. The van der Waals surface area contributed by atoms with Gasteiger partial charge in [0.2, 0.25) is 10.0 Å². The molecule has 33 heavy (non-hydrogen) atoms. The molecule has 0 saturated heterocycles. The van der Waals surface area contributed by atoms with Crippen LogP contribution in [0.2, 0.25) is 0 Å². The molecular formula is C24H31N3O5S. The van der Waals surface area contributed by atoms with E-state index in [1.165, 1.54) is 4.31 Å². The van der Waals surface area contributed by atoms with Gasteiger partial charge in [0, 0.05) is 26.6 Å². The molecule has 0 aliphatic carbocycles. The van der Waals surface area contributed by atoms with Crippen molar-refractivity contribution in [2.75, 3.05) is 26.3 Å². The molecule has 0 aliphatic heterocycles. The van der Waals surface area contributed by atoms with Crippen LogP contribution in [0.25, 0.3) is 11.0 Å². The van der Waals surface area contributed by atoms with Crippen molar-refractivity contribution in [3.63, 3.8) is 0 Å². The number of fused-ring (bicyclic) bond motifs is 1. The quantitative estimate of drug-likeness (QED) is 0.313. The molecule has 0 unspecified atom stereocenters. The van der Waals surface area contributed by atoms with E-state index in [2.05, 4.69) is 4.98 Å². The van der Waals surface area contributed by atoms with Gasteiger partial charge in [-0.15, -0.1) is 0 Å². The lowest BCUT2D eigenvalue weighted by molar-refractivity contribution is -0.144. The number of esters is 1. The Kier molecular flexibility index (Phi) is 8.10. The summed E-state index contributed by atoms with van der Waals surface area (Å²) in [5, 5.41) is 0. The first-order chi connectivity index (χ1) is 15.8. The molecule has 3 rings (SSSR count). The molecule has 0 atom stereocenters. The maximum absolute atomic E-state index is 12.8. The molecule has 0 N–H and O–H groups in total. The second kappa shape index (κ2) is 10.8. The molecule has 0 spiro atoms. The van der Waals surface area contributed by atoms with Crippen LogP contribution in [-0.2, 0) is 33.0 Å². The number of nitrogens with zero attached hydrogens (tertiary/aromatic N) is 3. The molecule has 8 nitrogen and oxygen atoms in total. The van der Waals surface area contributed by atoms with Crippen molar-refractivity contribution in [1.82, 2.24) is 13.9 Å². The number of aromatic nitrogens is 2. The third kappa shape index (κ3) is 5.91. The summed E-state index contributed by atoms with van der Waals surface area (Å²) in [6.07, 6.45) is 0.563. The maximum atomic E-state index is 12.8. The van der Waals surface area contributed by atoms with Crippen molar-refractivity contribution in [2.45, 2.75) is 38.5 Å². The molecule has 0 saturated carbocycles. The van der Waals surface area contributed by atoms with E-state index in [0.717, 1.165) is 16.8 Å². The summed E-state index contributed by atoms with van der Waals surface area (Å²) in [5.74, 6) is 1.10. The Hall–Kier alpha value is -2.91. The van der Waals surface area contributed by atoms with Gasteiger partial charge in [-0.1, -0.05) is 26.0 Å². The second-order valence-corrected chi connectivity index (χ2v) is 9.65. The van der Waals surface area contributed by atoms with Crippen LogP contribution < -0.4 is 4.74 Å². The van der Waals surface area contributed by atoms with E-state index < -0.39 is 10.0 Å². The van der Waals surface area contributed by atoms with Crippen molar-refractivity contribution < 1.29 is 22.7 Å². The third-order valence-electron chi connectivity index (χ3n) is 5.45. The van der Waals surface area contributed by atoms with Gasteiger partial charge in [0.1, 0.15) is 24.8 Å². The number of carbonyl (C=O) groups excluding carboxylic acids is 1. The Morgan fingerprint density at radius 2 is 1.85 bits per heavy atom. The average molecular weight is 474 g/mol. The summed E-state index contributed by atoms with van der Waals surface area (Å²) >= 11 is 0. The molecule has 3 aromatic rings. The SMILES string of the molecule is CCN(CC)S(=O)(=O)c1ccc2c(c1)nc(CCC(=O)OCCOc1cccc(C)c1)n2C. The highest BCUT2D eigenvalue weighted by molar-refractivity contribution is 7.89. The van der Waals surface area contributed by atoms with Gasteiger partial charge in [-0.05, 0) is 42.8 Å². The van der Waals surface area contributed by atoms with Gasteiger partial charge in [0.25, 0.3) is 0 Å². The zero-order valence-electron chi connectivity index (χ0n) is 19.6. The van der Waals surface area contributed by atoms with Crippen molar-refractivity contribution in [1.29, 1.82) is 0 Å².